The maximum absolute atomic E-state index is 9.23. The first kappa shape index (κ1) is 11.3. The molecule has 0 bridgehead atoms. The van der Waals surface area contributed by atoms with Gasteiger partial charge in [0.05, 0.1) is 23.3 Å². The summed E-state index contributed by atoms with van der Waals surface area (Å²) < 4.78 is 0. The monoisotopic (exact) mass is 242 g/mol. The highest BCUT2D eigenvalue weighted by Gasteiger charge is 2.09. The first-order chi connectivity index (χ1) is 9.26. The molecule has 0 fully saturated rings. The molecule has 3 rings (SSSR count). The molecule has 0 aromatic heterocycles. The molecule has 2 heteroatoms. The molecular formula is C17H10N2. The number of fused-ring (bicyclic) bond motifs is 2. The molecule has 0 atom stereocenters. The van der Waals surface area contributed by atoms with Crippen LogP contribution in [-0.4, -0.2) is 0 Å². The SMILES string of the molecule is Cc1c2cccc(C#N)c2cc2cccc(C#N)c12. The Morgan fingerprint density at radius 3 is 2.26 bits per heavy atom. The highest BCUT2D eigenvalue weighted by molar-refractivity contribution is 6.05. The van der Waals surface area contributed by atoms with E-state index in [1.54, 1.807) is 0 Å². The molecule has 0 amide bonds. The van der Waals surface area contributed by atoms with E-state index in [9.17, 15) is 10.5 Å². The van der Waals surface area contributed by atoms with Gasteiger partial charge in [0, 0.05) is 10.8 Å². The van der Waals surface area contributed by atoms with Crippen LogP contribution in [0.5, 0.6) is 0 Å². The van der Waals surface area contributed by atoms with E-state index in [2.05, 4.69) is 12.1 Å². The number of nitrogens with zero attached hydrogens (tertiary/aromatic N) is 2. The van der Waals surface area contributed by atoms with Crippen LogP contribution < -0.4 is 0 Å². The minimum atomic E-state index is 0.671. The number of hydrogen-bond donors (Lipinski definition) is 0. The molecule has 0 N–H and O–H groups in total. The van der Waals surface area contributed by atoms with Gasteiger partial charge in [-0.15, -0.1) is 0 Å². The summed E-state index contributed by atoms with van der Waals surface area (Å²) in [5, 5.41) is 22.4. The van der Waals surface area contributed by atoms with Crippen LogP contribution >= 0.6 is 0 Å². The van der Waals surface area contributed by atoms with Crippen LogP contribution in [0.2, 0.25) is 0 Å². The van der Waals surface area contributed by atoms with Gasteiger partial charge >= 0.3 is 0 Å². The van der Waals surface area contributed by atoms with Crippen LogP contribution in [0.4, 0.5) is 0 Å². The quantitative estimate of drug-likeness (QED) is 0.558. The minimum absolute atomic E-state index is 0.671. The fourth-order valence-corrected chi connectivity index (χ4v) is 2.64. The number of rotatable bonds is 0. The van der Waals surface area contributed by atoms with Gasteiger partial charge < -0.3 is 0 Å². The number of aryl methyl sites for hydroxylation is 1. The molecular weight excluding hydrogens is 232 g/mol. The van der Waals surface area contributed by atoms with Gasteiger partial charge in [-0.3, -0.25) is 0 Å². The molecule has 0 radical (unpaired) electrons. The maximum Gasteiger partial charge on any atom is 0.0998 e. The van der Waals surface area contributed by atoms with E-state index in [1.807, 2.05) is 49.4 Å². The van der Waals surface area contributed by atoms with E-state index in [0.717, 1.165) is 27.1 Å². The molecule has 19 heavy (non-hydrogen) atoms. The van der Waals surface area contributed by atoms with Crippen LogP contribution in [0.25, 0.3) is 21.5 Å². The second-order valence-electron chi connectivity index (χ2n) is 4.53. The topological polar surface area (TPSA) is 47.6 Å². The van der Waals surface area contributed by atoms with Gasteiger partial charge in [0.25, 0.3) is 0 Å². The summed E-state index contributed by atoms with van der Waals surface area (Å²) in [5.41, 5.74) is 2.41. The zero-order valence-electron chi connectivity index (χ0n) is 10.4. The molecule has 0 heterocycles. The van der Waals surface area contributed by atoms with Crippen LogP contribution in [0.3, 0.4) is 0 Å². The zero-order chi connectivity index (χ0) is 13.4. The molecule has 0 spiro atoms. The van der Waals surface area contributed by atoms with E-state index in [4.69, 9.17) is 0 Å². The van der Waals surface area contributed by atoms with Gasteiger partial charge in [0.15, 0.2) is 0 Å². The number of hydrogen-bond acceptors (Lipinski definition) is 2. The summed E-state index contributed by atoms with van der Waals surface area (Å²) in [5.74, 6) is 0. The standard InChI is InChI=1S/C17H10N2/c1-11-15-7-3-5-13(9-18)16(15)8-12-4-2-6-14(10-19)17(11)12/h2-8H,1H3. The van der Waals surface area contributed by atoms with E-state index < -0.39 is 0 Å². The minimum Gasteiger partial charge on any atom is -0.192 e. The third-order valence-electron chi connectivity index (χ3n) is 3.52. The second-order valence-corrected chi connectivity index (χ2v) is 4.53. The van der Waals surface area contributed by atoms with Crippen molar-refractivity contribution >= 4 is 21.5 Å². The van der Waals surface area contributed by atoms with Gasteiger partial charge in [-0.25, -0.2) is 0 Å². The predicted molar refractivity (Wildman–Crippen MR) is 75.6 cm³/mol. The average Bonchev–Trinajstić information content (AvgIpc) is 2.46. The molecule has 0 aliphatic heterocycles. The second kappa shape index (κ2) is 4.12. The fraction of sp³-hybridized carbons (Fsp3) is 0.0588. The zero-order valence-corrected chi connectivity index (χ0v) is 10.4. The lowest BCUT2D eigenvalue weighted by molar-refractivity contribution is 1.48. The lowest BCUT2D eigenvalue weighted by Crippen LogP contribution is -1.88. The van der Waals surface area contributed by atoms with E-state index >= 15 is 0 Å². The van der Waals surface area contributed by atoms with Crippen molar-refractivity contribution in [2.24, 2.45) is 0 Å². The third-order valence-corrected chi connectivity index (χ3v) is 3.52. The maximum atomic E-state index is 9.23. The van der Waals surface area contributed by atoms with Gasteiger partial charge in [-0.2, -0.15) is 10.5 Å². The van der Waals surface area contributed by atoms with Gasteiger partial charge in [-0.1, -0.05) is 24.3 Å². The Kier molecular flexibility index (Phi) is 2.44. The largest absolute Gasteiger partial charge is 0.192 e. The molecule has 88 valence electrons. The summed E-state index contributed by atoms with van der Waals surface area (Å²) >= 11 is 0. The number of benzene rings is 3. The van der Waals surface area contributed by atoms with Crippen molar-refractivity contribution in [3.05, 3.63) is 59.2 Å². The lowest BCUT2D eigenvalue weighted by atomic mass is 9.93. The van der Waals surface area contributed by atoms with Crippen molar-refractivity contribution in [1.82, 2.24) is 0 Å². The van der Waals surface area contributed by atoms with Crippen molar-refractivity contribution in [3.8, 4) is 12.1 Å². The molecule has 0 aliphatic rings. The number of nitriles is 2. The Labute approximate surface area is 111 Å². The van der Waals surface area contributed by atoms with Crippen molar-refractivity contribution in [2.75, 3.05) is 0 Å². The van der Waals surface area contributed by atoms with Gasteiger partial charge in [0.1, 0.15) is 0 Å². The van der Waals surface area contributed by atoms with Crippen molar-refractivity contribution in [1.29, 1.82) is 10.5 Å². The summed E-state index contributed by atoms with van der Waals surface area (Å²) in [7, 11) is 0. The van der Waals surface area contributed by atoms with E-state index in [1.165, 1.54) is 0 Å². The fourth-order valence-electron chi connectivity index (χ4n) is 2.64. The van der Waals surface area contributed by atoms with Crippen LogP contribution in [-0.2, 0) is 0 Å². The molecule has 2 nitrogen and oxygen atoms in total. The summed E-state index contributed by atoms with van der Waals surface area (Å²) in [4.78, 5) is 0. The third kappa shape index (κ3) is 1.55. The Bertz CT molecular complexity index is 893. The van der Waals surface area contributed by atoms with Crippen molar-refractivity contribution < 1.29 is 0 Å². The van der Waals surface area contributed by atoms with Crippen molar-refractivity contribution in [2.45, 2.75) is 6.92 Å². The average molecular weight is 242 g/mol. The smallest absolute Gasteiger partial charge is 0.0998 e. The molecule has 0 aliphatic carbocycles. The first-order valence-electron chi connectivity index (χ1n) is 6.01. The highest BCUT2D eigenvalue weighted by atomic mass is 14.3. The molecule has 3 aromatic carbocycles. The molecule has 0 saturated carbocycles. The molecule has 3 aromatic rings. The van der Waals surface area contributed by atoms with Crippen LogP contribution in [0, 0.1) is 29.6 Å². The summed E-state index contributed by atoms with van der Waals surface area (Å²) in [6.07, 6.45) is 0. The Hall–Kier alpha value is -2.84. The Morgan fingerprint density at radius 1 is 0.842 bits per heavy atom. The van der Waals surface area contributed by atoms with Gasteiger partial charge in [-0.05, 0) is 41.5 Å². The van der Waals surface area contributed by atoms with E-state index in [0.29, 0.717) is 11.1 Å². The van der Waals surface area contributed by atoms with Crippen molar-refractivity contribution in [3.63, 3.8) is 0 Å². The summed E-state index contributed by atoms with van der Waals surface area (Å²) in [6, 6.07) is 17.9. The van der Waals surface area contributed by atoms with Crippen LogP contribution in [0.15, 0.2) is 42.5 Å². The predicted octanol–water partition coefficient (Wildman–Crippen LogP) is 4.04. The normalized spacial score (nSPS) is 10.3. The molecule has 0 saturated heterocycles. The van der Waals surface area contributed by atoms with Crippen LogP contribution in [0.1, 0.15) is 16.7 Å². The Morgan fingerprint density at radius 2 is 1.53 bits per heavy atom. The first-order valence-corrected chi connectivity index (χ1v) is 6.01. The molecule has 0 unspecified atom stereocenters. The van der Waals surface area contributed by atoms with E-state index in [-0.39, 0.29) is 0 Å². The van der Waals surface area contributed by atoms with Gasteiger partial charge in [0.2, 0.25) is 0 Å². The summed E-state index contributed by atoms with van der Waals surface area (Å²) in [6.45, 7) is 2.01. The highest BCUT2D eigenvalue weighted by Crippen LogP contribution is 2.31. The Balaban J connectivity index is 2.62. The lowest BCUT2D eigenvalue weighted by Gasteiger charge is -2.09.